The summed E-state index contributed by atoms with van der Waals surface area (Å²) in [5, 5.41) is 0.799. The van der Waals surface area contributed by atoms with Gasteiger partial charge in [-0.15, -0.1) is 0 Å². The van der Waals surface area contributed by atoms with Gasteiger partial charge in [-0.2, -0.15) is 8.42 Å². The molecule has 2 aromatic carbocycles. The molecule has 3 N–H and O–H groups in total. The molecular weight excluding hydrogens is 404 g/mol. The highest BCUT2D eigenvalue weighted by atomic mass is 32.2. The normalized spacial score (nSPS) is 11.8. The van der Waals surface area contributed by atoms with Crippen molar-refractivity contribution in [1.82, 2.24) is 15.0 Å². The largest absolute Gasteiger partial charge is 0.493 e. The number of nitrogens with two attached hydrogens (primary N) is 1. The summed E-state index contributed by atoms with van der Waals surface area (Å²) in [7, 11) is -3.69. The number of hydrogen-bond acceptors (Lipinski definition) is 7. The highest BCUT2D eigenvalue weighted by Gasteiger charge is 2.17. The van der Waals surface area contributed by atoms with E-state index in [2.05, 4.69) is 15.0 Å². The molecule has 0 aliphatic carbocycles. The van der Waals surface area contributed by atoms with Crippen LogP contribution in [-0.4, -0.2) is 36.2 Å². The van der Waals surface area contributed by atoms with Crippen LogP contribution in [0.1, 0.15) is 18.3 Å². The summed E-state index contributed by atoms with van der Waals surface area (Å²) in [6.07, 6.45) is 2.22. The van der Waals surface area contributed by atoms with Crippen molar-refractivity contribution < 1.29 is 17.3 Å². The van der Waals surface area contributed by atoms with Gasteiger partial charge in [-0.25, -0.2) is 9.97 Å². The summed E-state index contributed by atoms with van der Waals surface area (Å²) in [6.45, 7) is 2.38. The predicted octanol–water partition coefficient (Wildman–Crippen LogP) is 3.22. The summed E-state index contributed by atoms with van der Waals surface area (Å²) in [5.74, 6) is 2.03. The first-order valence-corrected chi connectivity index (χ1v) is 11.3. The van der Waals surface area contributed by atoms with Crippen molar-refractivity contribution in [3.8, 4) is 11.5 Å². The Balaban J connectivity index is 1.81. The van der Waals surface area contributed by atoms with E-state index in [0.717, 1.165) is 35.2 Å². The second kappa shape index (κ2) is 7.83. The van der Waals surface area contributed by atoms with E-state index < -0.39 is 10.1 Å². The van der Waals surface area contributed by atoms with Crippen molar-refractivity contribution >= 4 is 37.9 Å². The number of H-pyrrole nitrogens is 1. The van der Waals surface area contributed by atoms with Crippen LogP contribution in [0, 0.1) is 0 Å². The SMILES string of the molecule is CCc1nc2c([nH]1)c(N)nc1cc(OS(C)(=O)=O)cc(CCOc3ccccc3)c12. The summed E-state index contributed by atoms with van der Waals surface area (Å²) < 4.78 is 34.3. The Labute approximate surface area is 174 Å². The number of para-hydroxylation sites is 1. The number of imidazole rings is 1. The fraction of sp³-hybridized carbons (Fsp3) is 0.238. The Bertz CT molecular complexity index is 1320. The first-order valence-electron chi connectivity index (χ1n) is 9.52. The van der Waals surface area contributed by atoms with Crippen LogP contribution in [0.3, 0.4) is 0 Å². The van der Waals surface area contributed by atoms with Crippen LogP contribution in [0.25, 0.3) is 21.9 Å². The molecule has 0 spiro atoms. The number of aryl methyl sites for hydroxylation is 1. The van der Waals surface area contributed by atoms with Gasteiger partial charge in [0, 0.05) is 24.3 Å². The van der Waals surface area contributed by atoms with Crippen molar-refractivity contribution in [2.45, 2.75) is 19.8 Å². The quantitative estimate of drug-likeness (QED) is 0.435. The Morgan fingerprint density at radius 1 is 1.10 bits per heavy atom. The second-order valence-corrected chi connectivity index (χ2v) is 8.51. The molecular formula is C21H22N4O4S. The van der Waals surface area contributed by atoms with Gasteiger partial charge in [-0.1, -0.05) is 25.1 Å². The Hall–Kier alpha value is -3.33. The maximum atomic E-state index is 11.7. The molecule has 8 nitrogen and oxygen atoms in total. The summed E-state index contributed by atoms with van der Waals surface area (Å²) >= 11 is 0. The van der Waals surface area contributed by atoms with E-state index >= 15 is 0 Å². The summed E-state index contributed by atoms with van der Waals surface area (Å²) in [6, 6.07) is 12.7. The zero-order valence-corrected chi connectivity index (χ0v) is 17.5. The monoisotopic (exact) mass is 426 g/mol. The fourth-order valence-corrected chi connectivity index (χ4v) is 3.82. The van der Waals surface area contributed by atoms with Crippen LogP contribution < -0.4 is 14.7 Å². The number of anilines is 1. The third kappa shape index (κ3) is 4.16. The Kier molecular flexibility index (Phi) is 5.21. The zero-order valence-electron chi connectivity index (χ0n) is 16.7. The number of nitrogen functional groups attached to an aromatic ring is 1. The van der Waals surface area contributed by atoms with Gasteiger partial charge in [-0.05, 0) is 23.8 Å². The first kappa shape index (κ1) is 20.0. The van der Waals surface area contributed by atoms with E-state index in [4.69, 9.17) is 14.7 Å². The predicted molar refractivity (Wildman–Crippen MR) is 116 cm³/mol. The Morgan fingerprint density at radius 3 is 2.57 bits per heavy atom. The molecule has 0 saturated carbocycles. The van der Waals surface area contributed by atoms with Crippen LogP contribution >= 0.6 is 0 Å². The fourth-order valence-electron chi connectivity index (χ4n) is 3.38. The molecule has 0 fully saturated rings. The van der Waals surface area contributed by atoms with E-state index in [1.165, 1.54) is 0 Å². The number of pyridine rings is 1. The van der Waals surface area contributed by atoms with Crippen molar-refractivity contribution in [2.75, 3.05) is 18.6 Å². The minimum atomic E-state index is -3.69. The lowest BCUT2D eigenvalue weighted by atomic mass is 10.0. The minimum Gasteiger partial charge on any atom is -0.493 e. The van der Waals surface area contributed by atoms with Crippen molar-refractivity contribution in [3.63, 3.8) is 0 Å². The number of fused-ring (bicyclic) bond motifs is 3. The van der Waals surface area contributed by atoms with Gasteiger partial charge in [-0.3, -0.25) is 0 Å². The molecule has 0 aliphatic rings. The van der Waals surface area contributed by atoms with Gasteiger partial charge in [0.25, 0.3) is 0 Å². The van der Waals surface area contributed by atoms with Crippen LogP contribution in [0.4, 0.5) is 5.82 Å². The molecule has 0 bridgehead atoms. The first-order chi connectivity index (χ1) is 14.3. The van der Waals surface area contributed by atoms with E-state index in [-0.39, 0.29) is 5.75 Å². The maximum absolute atomic E-state index is 11.7. The highest BCUT2D eigenvalue weighted by molar-refractivity contribution is 7.86. The van der Waals surface area contributed by atoms with Crippen LogP contribution in [0.2, 0.25) is 0 Å². The molecule has 30 heavy (non-hydrogen) atoms. The van der Waals surface area contributed by atoms with Gasteiger partial charge in [0.1, 0.15) is 34.2 Å². The molecule has 4 aromatic rings. The third-order valence-electron chi connectivity index (χ3n) is 4.63. The lowest BCUT2D eigenvalue weighted by Gasteiger charge is -2.12. The number of benzene rings is 2. The molecule has 4 rings (SSSR count). The Morgan fingerprint density at radius 2 is 1.87 bits per heavy atom. The maximum Gasteiger partial charge on any atom is 0.306 e. The number of hydrogen-bond donors (Lipinski definition) is 2. The molecule has 9 heteroatoms. The van der Waals surface area contributed by atoms with Crippen LogP contribution in [0.5, 0.6) is 11.5 Å². The number of nitrogens with one attached hydrogen (secondary N) is 1. The average molecular weight is 426 g/mol. The molecule has 156 valence electrons. The van der Waals surface area contributed by atoms with Gasteiger partial charge >= 0.3 is 10.1 Å². The van der Waals surface area contributed by atoms with Crippen LogP contribution in [-0.2, 0) is 23.0 Å². The molecule has 0 atom stereocenters. The molecule has 2 heterocycles. The van der Waals surface area contributed by atoms with Crippen molar-refractivity contribution in [1.29, 1.82) is 0 Å². The number of ether oxygens (including phenoxy) is 1. The molecule has 0 aliphatic heterocycles. The second-order valence-electron chi connectivity index (χ2n) is 6.93. The lowest BCUT2D eigenvalue weighted by molar-refractivity contribution is 0.322. The topological polar surface area (TPSA) is 120 Å². The third-order valence-corrected chi connectivity index (χ3v) is 5.12. The van der Waals surface area contributed by atoms with Gasteiger partial charge in [0.15, 0.2) is 0 Å². The van der Waals surface area contributed by atoms with Gasteiger partial charge in [0.2, 0.25) is 0 Å². The zero-order chi connectivity index (χ0) is 21.3. The summed E-state index contributed by atoms with van der Waals surface area (Å²) in [5.41, 5.74) is 8.83. The summed E-state index contributed by atoms with van der Waals surface area (Å²) in [4.78, 5) is 12.3. The van der Waals surface area contributed by atoms with Crippen LogP contribution in [0.15, 0.2) is 42.5 Å². The van der Waals surface area contributed by atoms with E-state index in [1.807, 2.05) is 37.3 Å². The molecule has 2 aromatic heterocycles. The molecule has 0 amide bonds. The molecule has 0 radical (unpaired) electrons. The average Bonchev–Trinajstić information content (AvgIpc) is 3.12. The number of nitrogens with zero attached hydrogens (tertiary/aromatic N) is 2. The number of rotatable bonds is 7. The standard InChI is InChI=1S/C21H22N4O4S/c1-3-17-24-19-18-13(9-10-28-14-7-5-4-6-8-14)11-15(29-30(2,26)27)12-16(18)23-21(22)20(19)25-17/h4-8,11-12H,3,9-10H2,1-2H3,(H2,22,23)(H,24,25). The van der Waals surface area contributed by atoms with Gasteiger partial charge < -0.3 is 19.6 Å². The molecule has 0 unspecified atom stereocenters. The molecule has 0 saturated heterocycles. The van der Waals surface area contributed by atoms with E-state index in [1.54, 1.807) is 12.1 Å². The highest BCUT2D eigenvalue weighted by Crippen LogP contribution is 2.33. The van der Waals surface area contributed by atoms with E-state index in [0.29, 0.717) is 35.4 Å². The van der Waals surface area contributed by atoms with Crippen molar-refractivity contribution in [3.05, 3.63) is 53.9 Å². The smallest absolute Gasteiger partial charge is 0.306 e. The van der Waals surface area contributed by atoms with E-state index in [9.17, 15) is 8.42 Å². The number of aromatic amines is 1. The lowest BCUT2D eigenvalue weighted by Crippen LogP contribution is -2.08. The van der Waals surface area contributed by atoms with Gasteiger partial charge in [0.05, 0.1) is 18.4 Å². The minimum absolute atomic E-state index is 0.178. The number of aromatic nitrogens is 3. The van der Waals surface area contributed by atoms with Crippen molar-refractivity contribution in [2.24, 2.45) is 0 Å².